The fourth-order valence-corrected chi connectivity index (χ4v) is 6.19. The Morgan fingerprint density at radius 2 is 2.07 bits per heavy atom. The first-order valence-electron chi connectivity index (χ1n) is 11.9. The van der Waals surface area contributed by atoms with Gasteiger partial charge >= 0.3 is 0 Å². The Morgan fingerprint density at radius 1 is 1.33 bits per heavy atom. The number of aliphatic hydroxyl groups is 2. The second-order valence-corrected chi connectivity index (χ2v) is 10.3. The maximum absolute atomic E-state index is 13.4. The summed E-state index contributed by atoms with van der Waals surface area (Å²) < 4.78 is 0. The van der Waals surface area contributed by atoms with E-state index in [9.17, 15) is 15.0 Å². The van der Waals surface area contributed by atoms with Gasteiger partial charge in [-0.15, -0.1) is 0 Å². The van der Waals surface area contributed by atoms with Gasteiger partial charge in [0, 0.05) is 18.5 Å². The summed E-state index contributed by atoms with van der Waals surface area (Å²) in [4.78, 5) is 19.4. The highest BCUT2D eigenvalue weighted by Gasteiger charge is 2.57. The summed E-state index contributed by atoms with van der Waals surface area (Å²) in [6.07, 6.45) is 8.09. The monoisotopic (exact) mass is 422 g/mol. The minimum atomic E-state index is -0.737. The molecule has 8 atom stereocenters. The predicted molar refractivity (Wildman–Crippen MR) is 117 cm³/mol. The Morgan fingerprint density at radius 3 is 2.63 bits per heavy atom. The van der Waals surface area contributed by atoms with E-state index in [0.717, 1.165) is 25.7 Å². The number of carbonyl (C=O) groups excluding carboxylic acids is 1. The van der Waals surface area contributed by atoms with Crippen molar-refractivity contribution < 1.29 is 19.8 Å². The van der Waals surface area contributed by atoms with Crippen molar-refractivity contribution in [1.29, 1.82) is 0 Å². The van der Waals surface area contributed by atoms with Crippen LogP contribution in [0.2, 0.25) is 0 Å². The summed E-state index contributed by atoms with van der Waals surface area (Å²) in [5.74, 6) is 1.26. The van der Waals surface area contributed by atoms with E-state index in [-0.39, 0.29) is 18.6 Å². The van der Waals surface area contributed by atoms with Crippen molar-refractivity contribution in [2.75, 3.05) is 13.2 Å². The molecular formula is C24H42N2O4. The van der Waals surface area contributed by atoms with Crippen LogP contribution < -0.4 is 5.32 Å². The predicted octanol–water partition coefficient (Wildman–Crippen LogP) is 2.89. The van der Waals surface area contributed by atoms with Crippen LogP contribution in [-0.4, -0.2) is 58.6 Å². The van der Waals surface area contributed by atoms with Gasteiger partial charge in [0.2, 0.25) is 5.91 Å². The van der Waals surface area contributed by atoms with Gasteiger partial charge < -0.3 is 15.5 Å². The van der Waals surface area contributed by atoms with E-state index >= 15 is 0 Å². The third-order valence-electron chi connectivity index (χ3n) is 8.21. The molecular weight excluding hydrogens is 380 g/mol. The first-order chi connectivity index (χ1) is 14.2. The fraction of sp³-hybridized carbons (Fsp3) is 0.875. The summed E-state index contributed by atoms with van der Waals surface area (Å²) in [5.41, 5.74) is 0.374. The van der Waals surface area contributed by atoms with E-state index in [0.29, 0.717) is 29.7 Å². The van der Waals surface area contributed by atoms with Crippen LogP contribution in [0.5, 0.6) is 0 Å². The van der Waals surface area contributed by atoms with E-state index in [1.165, 1.54) is 6.42 Å². The molecule has 0 unspecified atom stereocenters. The Hall–Kier alpha value is -0.950. The largest absolute Gasteiger partial charge is 0.394 e. The Bertz CT molecular complexity index is 620. The van der Waals surface area contributed by atoms with Crippen molar-refractivity contribution >= 4 is 5.91 Å². The number of nitrogens with zero attached hydrogens (tertiary/aromatic N) is 1. The highest BCUT2D eigenvalue weighted by molar-refractivity contribution is 5.82. The van der Waals surface area contributed by atoms with Crippen molar-refractivity contribution in [1.82, 2.24) is 10.4 Å². The molecule has 4 fully saturated rings. The average Bonchev–Trinajstić information content (AvgIpc) is 3.07. The van der Waals surface area contributed by atoms with Gasteiger partial charge in [-0.1, -0.05) is 39.8 Å². The summed E-state index contributed by atoms with van der Waals surface area (Å²) >= 11 is 0. The molecule has 0 aromatic heterocycles. The zero-order valence-corrected chi connectivity index (χ0v) is 19.4. The van der Waals surface area contributed by atoms with Crippen LogP contribution in [0.3, 0.4) is 0 Å². The lowest BCUT2D eigenvalue weighted by Crippen LogP contribution is -2.62. The van der Waals surface area contributed by atoms with Crippen molar-refractivity contribution in [2.45, 2.75) is 91.0 Å². The van der Waals surface area contributed by atoms with Crippen molar-refractivity contribution in [3.05, 3.63) is 12.2 Å². The summed E-state index contributed by atoms with van der Waals surface area (Å²) in [6, 6.07) is -0.401. The zero-order chi connectivity index (χ0) is 22.1. The molecule has 0 radical (unpaired) electrons. The Balaban J connectivity index is 1.68. The standard InChI is InChI=1S/C24H42N2O4/c1-6-7-8-9-10-11-26-22(21(16(3)28)20(14-27)30-26)23(29)25-19-13-17-12-18(15(19)2)24(17,4)5/h7-8,15-22,27-28H,6,9-14H2,1-5H3,(H,25,29)/b8-7-/t15-,16-,17-,18+,19-,20-,21+,22-/m0/s1. The third kappa shape index (κ3) is 4.47. The number of rotatable bonds is 9. The maximum atomic E-state index is 13.4. The SMILES string of the molecule is CC/C=C\CCCN1O[C@@H](CO)[C@@H]([C@H](C)O)[C@H]1C(=O)N[C@H]1C[C@@H]2C[C@H]([C@@H]1C)C2(C)C. The summed E-state index contributed by atoms with van der Waals surface area (Å²) in [7, 11) is 0. The lowest BCUT2D eigenvalue weighted by atomic mass is 9.45. The number of hydroxylamine groups is 2. The van der Waals surface area contributed by atoms with E-state index in [1.54, 1.807) is 12.0 Å². The second kappa shape index (κ2) is 9.68. The molecule has 4 rings (SSSR count). The number of hydrogen-bond donors (Lipinski definition) is 3. The van der Waals surface area contributed by atoms with Crippen LogP contribution in [0.4, 0.5) is 0 Å². The highest BCUT2D eigenvalue weighted by atomic mass is 16.7. The molecule has 3 saturated carbocycles. The Kier molecular flexibility index (Phi) is 7.65. The van der Waals surface area contributed by atoms with Gasteiger partial charge in [0.25, 0.3) is 0 Å². The van der Waals surface area contributed by atoms with Gasteiger partial charge in [-0.05, 0) is 62.2 Å². The van der Waals surface area contributed by atoms with E-state index in [2.05, 4.69) is 45.2 Å². The average molecular weight is 423 g/mol. The molecule has 2 bridgehead atoms. The van der Waals surface area contributed by atoms with Crippen molar-refractivity contribution in [3.63, 3.8) is 0 Å². The van der Waals surface area contributed by atoms with Gasteiger partial charge in [0.15, 0.2) is 0 Å². The minimum absolute atomic E-state index is 0.0723. The molecule has 1 saturated heterocycles. The molecule has 172 valence electrons. The maximum Gasteiger partial charge on any atom is 0.240 e. The summed E-state index contributed by atoms with van der Waals surface area (Å²) in [6.45, 7) is 11.2. The van der Waals surface area contributed by atoms with Gasteiger partial charge in [-0.25, -0.2) is 0 Å². The van der Waals surface area contributed by atoms with E-state index < -0.39 is 24.2 Å². The quantitative estimate of drug-likeness (QED) is 0.393. The molecule has 1 heterocycles. The Labute approximate surface area is 182 Å². The number of aliphatic hydroxyl groups excluding tert-OH is 2. The molecule has 1 amide bonds. The fourth-order valence-electron chi connectivity index (χ4n) is 6.19. The first kappa shape index (κ1) is 23.7. The number of amides is 1. The number of fused-ring (bicyclic) bond motifs is 2. The molecule has 0 aromatic rings. The van der Waals surface area contributed by atoms with Crippen LogP contribution >= 0.6 is 0 Å². The van der Waals surface area contributed by atoms with Gasteiger partial charge in [-0.3, -0.25) is 9.63 Å². The molecule has 30 heavy (non-hydrogen) atoms. The van der Waals surface area contributed by atoms with Gasteiger partial charge in [0.1, 0.15) is 12.1 Å². The van der Waals surface area contributed by atoms with Crippen LogP contribution in [0, 0.1) is 29.1 Å². The molecule has 0 spiro atoms. The minimum Gasteiger partial charge on any atom is -0.394 e. The molecule has 6 nitrogen and oxygen atoms in total. The van der Waals surface area contributed by atoms with Crippen LogP contribution in [0.25, 0.3) is 0 Å². The normalized spacial score (nSPS) is 39.1. The third-order valence-corrected chi connectivity index (χ3v) is 8.21. The lowest BCUT2D eigenvalue weighted by Gasteiger charge is -2.62. The molecule has 3 aliphatic carbocycles. The van der Waals surface area contributed by atoms with Crippen molar-refractivity contribution in [2.24, 2.45) is 29.1 Å². The topological polar surface area (TPSA) is 82.0 Å². The van der Waals surface area contributed by atoms with Gasteiger partial charge in [-0.2, -0.15) is 5.06 Å². The highest BCUT2D eigenvalue weighted by Crippen LogP contribution is 2.61. The smallest absolute Gasteiger partial charge is 0.240 e. The van der Waals surface area contributed by atoms with Crippen LogP contribution in [0.15, 0.2) is 12.2 Å². The first-order valence-corrected chi connectivity index (χ1v) is 11.9. The van der Waals surface area contributed by atoms with Crippen molar-refractivity contribution in [3.8, 4) is 0 Å². The van der Waals surface area contributed by atoms with Gasteiger partial charge in [0.05, 0.1) is 12.7 Å². The van der Waals surface area contributed by atoms with E-state index in [4.69, 9.17) is 4.84 Å². The number of nitrogens with one attached hydrogen (secondary N) is 1. The summed E-state index contributed by atoms with van der Waals surface area (Å²) in [5, 5.41) is 25.2. The molecule has 1 aliphatic heterocycles. The number of unbranched alkanes of at least 4 members (excludes halogenated alkanes) is 1. The number of allylic oxidation sites excluding steroid dienone is 2. The molecule has 3 N–H and O–H groups in total. The number of carbonyl (C=O) groups is 1. The van der Waals surface area contributed by atoms with Crippen LogP contribution in [0.1, 0.15) is 66.7 Å². The van der Waals surface area contributed by atoms with Crippen LogP contribution in [-0.2, 0) is 9.63 Å². The lowest BCUT2D eigenvalue weighted by molar-refractivity contribution is -0.178. The van der Waals surface area contributed by atoms with E-state index in [1.807, 2.05) is 0 Å². The number of hydrogen-bond acceptors (Lipinski definition) is 5. The molecule has 0 aromatic carbocycles. The molecule has 6 heteroatoms. The zero-order valence-electron chi connectivity index (χ0n) is 19.4. The second-order valence-electron chi connectivity index (χ2n) is 10.3. The molecule has 4 aliphatic rings.